The molecule has 7 heteroatoms. The third-order valence-electron chi connectivity index (χ3n) is 5.40. The molecule has 1 unspecified atom stereocenters. The van der Waals surface area contributed by atoms with Crippen molar-refractivity contribution in [3.05, 3.63) is 53.1 Å². The molecule has 166 valence electrons. The molecule has 2 aromatic rings. The number of rotatable bonds is 10. The van der Waals surface area contributed by atoms with Crippen LogP contribution in [0.1, 0.15) is 60.8 Å². The lowest BCUT2D eigenvalue weighted by molar-refractivity contribution is -0.117. The maximum absolute atomic E-state index is 12.6. The predicted molar refractivity (Wildman–Crippen MR) is 122 cm³/mol. The van der Waals surface area contributed by atoms with E-state index < -0.39 is 12.1 Å². The van der Waals surface area contributed by atoms with Gasteiger partial charge in [-0.1, -0.05) is 43.7 Å². The van der Waals surface area contributed by atoms with Crippen LogP contribution in [0, 0.1) is 0 Å². The molecule has 31 heavy (non-hydrogen) atoms. The maximum atomic E-state index is 12.6. The zero-order valence-electron chi connectivity index (χ0n) is 18.4. The Morgan fingerprint density at radius 3 is 2.55 bits per heavy atom. The number of carbonyl (C=O) groups is 2. The van der Waals surface area contributed by atoms with Gasteiger partial charge in [-0.3, -0.25) is 9.59 Å². The first kappa shape index (κ1) is 22.6. The lowest BCUT2D eigenvalue weighted by Crippen LogP contribution is -2.27. The largest absolute Gasteiger partial charge is 0.491 e. The van der Waals surface area contributed by atoms with E-state index >= 15 is 0 Å². The first-order valence-electron chi connectivity index (χ1n) is 10.8. The van der Waals surface area contributed by atoms with Crippen LogP contribution in [0.5, 0.6) is 5.75 Å². The summed E-state index contributed by atoms with van der Waals surface area (Å²) in [6, 6.07) is 11.5. The lowest BCUT2D eigenvalue weighted by atomic mass is 9.97. The Kier molecular flexibility index (Phi) is 7.52. The van der Waals surface area contributed by atoms with Crippen molar-refractivity contribution >= 4 is 23.2 Å². The average Bonchev–Trinajstić information content (AvgIpc) is 3.20. The van der Waals surface area contributed by atoms with Gasteiger partial charge < -0.3 is 25.4 Å². The van der Waals surface area contributed by atoms with Crippen LogP contribution < -0.4 is 20.7 Å². The molecule has 3 rings (SSSR count). The fourth-order valence-corrected chi connectivity index (χ4v) is 4.00. The summed E-state index contributed by atoms with van der Waals surface area (Å²) in [6.45, 7) is 4.91. The van der Waals surface area contributed by atoms with Crippen molar-refractivity contribution in [2.45, 2.75) is 45.8 Å². The molecular formula is C24H31N3O4. The van der Waals surface area contributed by atoms with Crippen LogP contribution in [-0.4, -0.2) is 32.1 Å². The van der Waals surface area contributed by atoms with Crippen molar-refractivity contribution < 1.29 is 19.1 Å². The number of amides is 2. The van der Waals surface area contributed by atoms with Gasteiger partial charge in [-0.25, -0.2) is 0 Å². The Morgan fingerprint density at radius 2 is 2.00 bits per heavy atom. The van der Waals surface area contributed by atoms with E-state index in [1.807, 2.05) is 44.2 Å². The minimum Gasteiger partial charge on any atom is -0.491 e. The van der Waals surface area contributed by atoms with E-state index in [0.29, 0.717) is 48.7 Å². The van der Waals surface area contributed by atoms with E-state index in [9.17, 15) is 9.59 Å². The van der Waals surface area contributed by atoms with Crippen LogP contribution in [0.15, 0.2) is 36.4 Å². The van der Waals surface area contributed by atoms with Crippen LogP contribution in [0.25, 0.3) is 0 Å². The topological polar surface area (TPSA) is 93.9 Å². The van der Waals surface area contributed by atoms with Gasteiger partial charge in [-0.15, -0.1) is 0 Å². The molecular weight excluding hydrogens is 394 g/mol. The predicted octanol–water partition coefficient (Wildman–Crippen LogP) is 4.02. The van der Waals surface area contributed by atoms with Crippen LogP contribution in [0.3, 0.4) is 0 Å². The normalized spacial score (nSPS) is 14.5. The summed E-state index contributed by atoms with van der Waals surface area (Å²) in [5, 5.41) is 3.44. The maximum Gasteiger partial charge on any atom is 0.249 e. The third kappa shape index (κ3) is 4.82. The van der Waals surface area contributed by atoms with Crippen molar-refractivity contribution in [3.63, 3.8) is 0 Å². The highest BCUT2D eigenvalue weighted by atomic mass is 16.5. The Morgan fingerprint density at radius 1 is 1.26 bits per heavy atom. The summed E-state index contributed by atoms with van der Waals surface area (Å²) in [4.78, 5) is 26.7. The summed E-state index contributed by atoms with van der Waals surface area (Å²) in [5.41, 5.74) is 9.04. The van der Waals surface area contributed by atoms with Gasteiger partial charge in [-0.2, -0.15) is 0 Å². The van der Waals surface area contributed by atoms with Crippen LogP contribution >= 0.6 is 0 Å². The van der Waals surface area contributed by atoms with Crippen LogP contribution in [0.2, 0.25) is 0 Å². The number of hydrogen-bond donors (Lipinski definition) is 2. The summed E-state index contributed by atoms with van der Waals surface area (Å²) >= 11 is 0. The number of benzene rings is 2. The summed E-state index contributed by atoms with van der Waals surface area (Å²) in [5.74, 6) is 0.0290. The molecule has 1 atom stereocenters. The highest BCUT2D eigenvalue weighted by Gasteiger charge is 2.30. The second-order valence-electron chi connectivity index (χ2n) is 7.49. The zero-order valence-corrected chi connectivity index (χ0v) is 18.4. The minimum absolute atomic E-state index is 0.0119. The Hall–Kier alpha value is -3.06. The number of nitrogens with two attached hydrogens (primary N) is 1. The van der Waals surface area contributed by atoms with Gasteiger partial charge in [0, 0.05) is 36.8 Å². The average molecular weight is 426 g/mol. The SMILES string of the molecule is CCCc1c(C(N)=O)cc(N2CCCC2=O)c(NC(OC)c2ccccc2)c1OCC. The van der Waals surface area contributed by atoms with Crippen molar-refractivity contribution in [2.24, 2.45) is 5.73 Å². The number of methoxy groups -OCH3 is 1. The monoisotopic (exact) mass is 425 g/mol. The van der Waals surface area contributed by atoms with Gasteiger partial charge in [0.1, 0.15) is 11.4 Å². The standard InChI is InChI=1S/C24H31N3O4/c1-4-10-17-18(23(25)29)15-19(27-14-9-13-20(27)28)21(22(17)31-5-2)26-24(30-3)16-11-7-6-8-12-16/h6-8,11-12,15,24,26H,4-5,9-10,13-14H2,1-3H3,(H2,25,29). The molecule has 2 aromatic carbocycles. The summed E-state index contributed by atoms with van der Waals surface area (Å²) < 4.78 is 11.8. The van der Waals surface area contributed by atoms with Crippen molar-refractivity contribution in [2.75, 3.05) is 30.5 Å². The van der Waals surface area contributed by atoms with E-state index in [4.69, 9.17) is 15.2 Å². The smallest absolute Gasteiger partial charge is 0.249 e. The molecule has 7 nitrogen and oxygen atoms in total. The third-order valence-corrected chi connectivity index (χ3v) is 5.40. The molecule has 0 radical (unpaired) electrons. The molecule has 1 aliphatic heterocycles. The molecule has 0 saturated carbocycles. The zero-order chi connectivity index (χ0) is 22.4. The van der Waals surface area contributed by atoms with Crippen molar-refractivity contribution in [1.82, 2.24) is 0 Å². The number of ether oxygens (including phenoxy) is 2. The molecule has 1 aliphatic rings. The molecule has 0 spiro atoms. The number of carbonyl (C=O) groups excluding carboxylic acids is 2. The molecule has 1 fully saturated rings. The number of anilines is 2. The summed E-state index contributed by atoms with van der Waals surface area (Å²) in [7, 11) is 1.62. The van der Waals surface area contributed by atoms with Gasteiger partial charge in [0.05, 0.1) is 12.3 Å². The van der Waals surface area contributed by atoms with Gasteiger partial charge in [0.15, 0.2) is 6.23 Å². The molecule has 3 N–H and O–H groups in total. The lowest BCUT2D eigenvalue weighted by Gasteiger charge is -2.29. The second-order valence-corrected chi connectivity index (χ2v) is 7.49. The van der Waals surface area contributed by atoms with E-state index in [0.717, 1.165) is 24.0 Å². The van der Waals surface area contributed by atoms with E-state index in [2.05, 4.69) is 5.32 Å². The van der Waals surface area contributed by atoms with Gasteiger partial charge in [0.2, 0.25) is 11.8 Å². The number of nitrogens with one attached hydrogen (secondary N) is 1. The summed E-state index contributed by atoms with van der Waals surface area (Å²) in [6.07, 6.45) is 2.20. The first-order chi connectivity index (χ1) is 15.0. The fraction of sp³-hybridized carbons (Fsp3) is 0.417. The fourth-order valence-electron chi connectivity index (χ4n) is 4.00. The molecule has 0 bridgehead atoms. The Labute approximate surface area is 183 Å². The van der Waals surface area contributed by atoms with Crippen LogP contribution in [0.4, 0.5) is 11.4 Å². The molecule has 1 heterocycles. The van der Waals surface area contributed by atoms with Gasteiger partial charge in [0.25, 0.3) is 0 Å². The molecule has 0 aliphatic carbocycles. The second kappa shape index (κ2) is 10.3. The first-order valence-corrected chi connectivity index (χ1v) is 10.8. The molecule has 0 aromatic heterocycles. The molecule has 2 amide bonds. The van der Waals surface area contributed by atoms with Gasteiger partial charge in [-0.05, 0) is 25.8 Å². The molecule has 1 saturated heterocycles. The quantitative estimate of drug-likeness (QED) is 0.561. The van der Waals surface area contributed by atoms with Crippen molar-refractivity contribution in [3.8, 4) is 5.75 Å². The van der Waals surface area contributed by atoms with E-state index in [-0.39, 0.29) is 5.91 Å². The van der Waals surface area contributed by atoms with Crippen LogP contribution in [-0.2, 0) is 16.0 Å². The van der Waals surface area contributed by atoms with Gasteiger partial charge >= 0.3 is 0 Å². The number of hydrogen-bond acceptors (Lipinski definition) is 5. The van der Waals surface area contributed by atoms with E-state index in [1.54, 1.807) is 18.1 Å². The minimum atomic E-state index is -0.532. The highest BCUT2D eigenvalue weighted by molar-refractivity contribution is 6.04. The number of nitrogens with zero attached hydrogens (tertiary/aromatic N) is 1. The Balaban J connectivity index is 2.22. The van der Waals surface area contributed by atoms with E-state index in [1.165, 1.54) is 0 Å². The number of primary amides is 1. The Bertz CT molecular complexity index is 930. The highest BCUT2D eigenvalue weighted by Crippen LogP contribution is 2.44. The van der Waals surface area contributed by atoms with Crippen molar-refractivity contribution in [1.29, 1.82) is 0 Å².